The monoisotopic (exact) mass is 473 g/mol. The molecule has 2 aliphatic rings. The lowest BCUT2D eigenvalue weighted by molar-refractivity contribution is -0.141. The van der Waals surface area contributed by atoms with Crippen LogP contribution in [0.4, 0.5) is 24.5 Å². The van der Waals surface area contributed by atoms with Crippen LogP contribution in [0.25, 0.3) is 0 Å². The molecule has 0 bridgehead atoms. The summed E-state index contributed by atoms with van der Waals surface area (Å²) in [7, 11) is 0. The van der Waals surface area contributed by atoms with E-state index in [-0.39, 0.29) is 29.0 Å². The highest BCUT2D eigenvalue weighted by Gasteiger charge is 2.44. The lowest BCUT2D eigenvalue weighted by Crippen LogP contribution is -2.50. The summed E-state index contributed by atoms with van der Waals surface area (Å²) < 4.78 is 38.8. The standard InChI is InChI=1S/C25H26F3N3O3/c1-15-12-20(15)24(34)31-11-3-2-10-21(31)23(33)30-18-8-4-6-16(13-18)22(32)29-19-9-5-7-17(14-19)25(26,27)28/h4-9,13-15,20-21H,2-3,10-12H2,1H3,(H,29,32)(H,30,33)/t15-,20-,21+/m1/s1. The Kier molecular flexibility index (Phi) is 6.63. The van der Waals surface area contributed by atoms with E-state index >= 15 is 0 Å². The van der Waals surface area contributed by atoms with Crippen LogP contribution in [0.15, 0.2) is 48.5 Å². The van der Waals surface area contributed by atoms with Crippen LogP contribution in [-0.2, 0) is 15.8 Å². The summed E-state index contributed by atoms with van der Waals surface area (Å²) >= 11 is 0. The SMILES string of the molecule is C[C@@H]1C[C@H]1C(=O)N1CCCC[C@H]1C(=O)Nc1cccc(C(=O)Nc2cccc(C(F)(F)F)c2)c1. The maximum atomic E-state index is 13.0. The number of carbonyl (C=O) groups is 3. The van der Waals surface area contributed by atoms with Gasteiger partial charge in [0, 0.05) is 29.4 Å². The molecule has 1 aliphatic carbocycles. The summed E-state index contributed by atoms with van der Waals surface area (Å²) in [6.45, 7) is 2.58. The zero-order valence-corrected chi connectivity index (χ0v) is 18.7. The van der Waals surface area contributed by atoms with Crippen LogP contribution in [0.3, 0.4) is 0 Å². The summed E-state index contributed by atoms with van der Waals surface area (Å²) in [6, 6.07) is 9.97. The molecule has 1 saturated carbocycles. The molecule has 6 nitrogen and oxygen atoms in total. The Bertz CT molecular complexity index is 1100. The van der Waals surface area contributed by atoms with Gasteiger partial charge in [-0.15, -0.1) is 0 Å². The van der Waals surface area contributed by atoms with Crippen molar-refractivity contribution in [2.24, 2.45) is 11.8 Å². The summed E-state index contributed by atoms with van der Waals surface area (Å²) in [6.07, 6.45) is -1.37. The normalized spacial score (nSPS) is 22.1. The van der Waals surface area contributed by atoms with Gasteiger partial charge in [0.2, 0.25) is 11.8 Å². The molecular formula is C25H26F3N3O3. The number of hydrogen-bond donors (Lipinski definition) is 2. The molecule has 2 aromatic carbocycles. The van der Waals surface area contributed by atoms with Crippen molar-refractivity contribution in [1.29, 1.82) is 0 Å². The third-order valence-electron chi connectivity index (χ3n) is 6.36. The largest absolute Gasteiger partial charge is 0.416 e. The highest BCUT2D eigenvalue weighted by atomic mass is 19.4. The molecule has 0 spiro atoms. The molecule has 1 saturated heterocycles. The second-order valence-corrected chi connectivity index (χ2v) is 8.97. The van der Waals surface area contributed by atoms with Crippen LogP contribution in [-0.4, -0.2) is 35.2 Å². The number of rotatable bonds is 5. The second-order valence-electron chi connectivity index (χ2n) is 8.97. The average Bonchev–Trinajstić information content (AvgIpc) is 3.55. The summed E-state index contributed by atoms with van der Waals surface area (Å²) in [5.41, 5.74) is -0.295. The smallest absolute Gasteiger partial charge is 0.330 e. The number of nitrogens with one attached hydrogen (secondary N) is 2. The van der Waals surface area contributed by atoms with E-state index in [1.165, 1.54) is 24.3 Å². The maximum Gasteiger partial charge on any atom is 0.416 e. The van der Waals surface area contributed by atoms with Gasteiger partial charge in [-0.3, -0.25) is 14.4 Å². The third-order valence-corrected chi connectivity index (χ3v) is 6.36. The Morgan fingerprint density at radius 1 is 0.971 bits per heavy atom. The minimum absolute atomic E-state index is 0.00345. The first-order valence-electron chi connectivity index (χ1n) is 11.3. The van der Waals surface area contributed by atoms with Gasteiger partial charge < -0.3 is 15.5 Å². The second kappa shape index (κ2) is 9.48. The first kappa shape index (κ1) is 23.8. The fourth-order valence-electron chi connectivity index (χ4n) is 4.29. The van der Waals surface area contributed by atoms with Crippen LogP contribution in [0.1, 0.15) is 48.5 Å². The van der Waals surface area contributed by atoms with E-state index in [4.69, 9.17) is 0 Å². The van der Waals surface area contributed by atoms with Crippen LogP contribution < -0.4 is 10.6 Å². The Morgan fingerprint density at radius 2 is 1.65 bits per heavy atom. The van der Waals surface area contributed by atoms with E-state index < -0.39 is 23.7 Å². The molecule has 2 aromatic rings. The van der Waals surface area contributed by atoms with Gasteiger partial charge in [-0.2, -0.15) is 13.2 Å². The molecule has 34 heavy (non-hydrogen) atoms. The van der Waals surface area contributed by atoms with E-state index in [0.29, 0.717) is 24.6 Å². The molecule has 1 aliphatic heterocycles. The zero-order chi connectivity index (χ0) is 24.5. The fraction of sp³-hybridized carbons (Fsp3) is 0.400. The number of amides is 3. The molecule has 2 fully saturated rings. The molecule has 180 valence electrons. The number of benzene rings is 2. The Morgan fingerprint density at radius 3 is 2.32 bits per heavy atom. The fourth-order valence-corrected chi connectivity index (χ4v) is 4.29. The van der Waals surface area contributed by atoms with Crippen molar-refractivity contribution in [2.45, 2.75) is 44.8 Å². The molecule has 3 amide bonds. The third kappa shape index (κ3) is 5.40. The number of hydrogen-bond acceptors (Lipinski definition) is 3. The average molecular weight is 473 g/mol. The van der Waals surface area contributed by atoms with Gasteiger partial charge in [0.15, 0.2) is 0 Å². The van der Waals surface area contributed by atoms with Crippen LogP contribution in [0, 0.1) is 11.8 Å². The minimum Gasteiger partial charge on any atom is -0.330 e. The summed E-state index contributed by atoms with van der Waals surface area (Å²) in [5.74, 6) is -0.535. The van der Waals surface area contributed by atoms with Gasteiger partial charge in [-0.1, -0.05) is 19.1 Å². The van der Waals surface area contributed by atoms with Gasteiger partial charge >= 0.3 is 6.18 Å². The molecule has 0 unspecified atom stereocenters. The summed E-state index contributed by atoms with van der Waals surface area (Å²) in [5, 5.41) is 5.25. The lowest BCUT2D eigenvalue weighted by atomic mass is 10.00. The Hall–Kier alpha value is -3.36. The lowest BCUT2D eigenvalue weighted by Gasteiger charge is -2.35. The van der Waals surface area contributed by atoms with E-state index in [2.05, 4.69) is 10.6 Å². The molecular weight excluding hydrogens is 447 g/mol. The van der Waals surface area contributed by atoms with Gasteiger partial charge in [0.25, 0.3) is 5.91 Å². The number of alkyl halides is 3. The predicted octanol–water partition coefficient (Wildman–Crippen LogP) is 4.93. The van der Waals surface area contributed by atoms with Crippen LogP contribution in [0.5, 0.6) is 0 Å². The number of anilines is 2. The van der Waals surface area contributed by atoms with Crippen molar-refractivity contribution in [3.63, 3.8) is 0 Å². The van der Waals surface area contributed by atoms with Crippen molar-refractivity contribution in [3.8, 4) is 0 Å². The highest BCUT2D eigenvalue weighted by molar-refractivity contribution is 6.05. The van der Waals surface area contributed by atoms with Crippen molar-refractivity contribution in [2.75, 3.05) is 17.2 Å². The molecule has 1 heterocycles. The van der Waals surface area contributed by atoms with Gasteiger partial charge in [0.05, 0.1) is 5.56 Å². The van der Waals surface area contributed by atoms with Gasteiger partial charge in [-0.25, -0.2) is 0 Å². The van der Waals surface area contributed by atoms with E-state index in [9.17, 15) is 27.6 Å². The quantitative estimate of drug-likeness (QED) is 0.646. The maximum absolute atomic E-state index is 13.0. The summed E-state index contributed by atoms with van der Waals surface area (Å²) in [4.78, 5) is 40.1. The van der Waals surface area contributed by atoms with Crippen molar-refractivity contribution < 1.29 is 27.6 Å². The van der Waals surface area contributed by atoms with Crippen LogP contribution in [0.2, 0.25) is 0 Å². The van der Waals surface area contributed by atoms with E-state index in [0.717, 1.165) is 31.4 Å². The number of halogens is 3. The molecule has 2 N–H and O–H groups in total. The minimum atomic E-state index is -4.52. The van der Waals surface area contributed by atoms with Crippen molar-refractivity contribution >= 4 is 29.1 Å². The first-order valence-corrected chi connectivity index (χ1v) is 11.3. The Balaban J connectivity index is 1.43. The predicted molar refractivity (Wildman–Crippen MR) is 121 cm³/mol. The number of nitrogens with zero attached hydrogens (tertiary/aromatic N) is 1. The van der Waals surface area contributed by atoms with E-state index in [1.54, 1.807) is 17.0 Å². The van der Waals surface area contributed by atoms with Gasteiger partial charge in [-0.05, 0) is 68.0 Å². The van der Waals surface area contributed by atoms with Crippen molar-refractivity contribution in [1.82, 2.24) is 4.90 Å². The van der Waals surface area contributed by atoms with Crippen LogP contribution >= 0.6 is 0 Å². The number of carbonyl (C=O) groups excluding carboxylic acids is 3. The van der Waals surface area contributed by atoms with E-state index in [1.807, 2.05) is 6.92 Å². The number of piperidine rings is 1. The molecule has 0 aromatic heterocycles. The topological polar surface area (TPSA) is 78.5 Å². The molecule has 3 atom stereocenters. The van der Waals surface area contributed by atoms with Gasteiger partial charge in [0.1, 0.15) is 6.04 Å². The highest BCUT2D eigenvalue weighted by Crippen LogP contribution is 2.40. The molecule has 0 radical (unpaired) electrons. The zero-order valence-electron chi connectivity index (χ0n) is 18.7. The first-order chi connectivity index (χ1) is 16.1. The molecule has 4 rings (SSSR count). The number of likely N-dealkylation sites (tertiary alicyclic amines) is 1. The molecule has 9 heteroatoms. The van der Waals surface area contributed by atoms with Crippen molar-refractivity contribution in [3.05, 3.63) is 59.7 Å². The Labute approximate surface area is 195 Å².